The average Bonchev–Trinajstić information content (AvgIpc) is 2.32. The van der Waals surface area contributed by atoms with E-state index < -0.39 is 35.0 Å². The Kier molecular flexibility index (Phi) is 5.06. The van der Waals surface area contributed by atoms with Crippen LogP contribution in [0.5, 0.6) is 0 Å². The maximum absolute atomic E-state index is 13.1. The van der Waals surface area contributed by atoms with Crippen molar-refractivity contribution in [3.63, 3.8) is 0 Å². The number of carbonyl (C=O) groups excluding carboxylic acids is 1. The molecule has 0 aliphatic heterocycles. The monoisotopic (exact) mass is 293 g/mol. The van der Waals surface area contributed by atoms with Gasteiger partial charge < -0.3 is 10.4 Å². The highest BCUT2D eigenvalue weighted by Gasteiger charge is 2.31. The summed E-state index contributed by atoms with van der Waals surface area (Å²) in [5.74, 6) is -3.11. The molecule has 0 aliphatic carbocycles. The third-order valence-electron chi connectivity index (χ3n) is 2.34. The molecule has 0 fully saturated rings. The summed E-state index contributed by atoms with van der Waals surface area (Å²) in [6, 6.07) is 1.51. The molecule has 1 aromatic carbocycles. The largest absolute Gasteiger partial charge is 0.481 e. The van der Waals surface area contributed by atoms with Crippen LogP contribution >= 0.6 is 0 Å². The van der Waals surface area contributed by atoms with E-state index in [1.807, 2.05) is 0 Å². The lowest BCUT2D eigenvalue weighted by molar-refractivity contribution is -0.138. The zero-order valence-electron chi connectivity index (χ0n) is 10.1. The van der Waals surface area contributed by atoms with E-state index in [-0.39, 0.29) is 19.4 Å². The fourth-order valence-electron chi connectivity index (χ4n) is 1.43. The van der Waals surface area contributed by atoms with Gasteiger partial charge in [-0.2, -0.15) is 13.2 Å². The Morgan fingerprint density at radius 2 is 1.85 bits per heavy atom. The lowest BCUT2D eigenvalue weighted by atomic mass is 10.1. The number of benzene rings is 1. The number of nitrogens with one attached hydrogen (secondary N) is 1. The van der Waals surface area contributed by atoms with Crippen molar-refractivity contribution in [3.8, 4) is 0 Å². The molecule has 0 radical (unpaired) electrons. The first kappa shape index (κ1) is 15.9. The molecule has 0 heterocycles. The summed E-state index contributed by atoms with van der Waals surface area (Å²) < 4.78 is 50.4. The van der Waals surface area contributed by atoms with E-state index in [2.05, 4.69) is 5.32 Å². The molecule has 2 N–H and O–H groups in total. The molecule has 0 atom stereocenters. The zero-order valence-corrected chi connectivity index (χ0v) is 10.1. The summed E-state index contributed by atoms with van der Waals surface area (Å²) in [5.41, 5.74) is -1.72. The maximum atomic E-state index is 13.1. The van der Waals surface area contributed by atoms with Gasteiger partial charge in [-0.25, -0.2) is 4.39 Å². The Hall–Kier alpha value is -2.12. The van der Waals surface area contributed by atoms with Crippen LogP contribution in [0, 0.1) is 5.82 Å². The fraction of sp³-hybridized carbons (Fsp3) is 0.333. The minimum atomic E-state index is -4.75. The second-order valence-electron chi connectivity index (χ2n) is 3.98. The minimum Gasteiger partial charge on any atom is -0.481 e. The van der Waals surface area contributed by atoms with Gasteiger partial charge >= 0.3 is 12.1 Å². The van der Waals surface area contributed by atoms with E-state index in [4.69, 9.17) is 5.11 Å². The van der Waals surface area contributed by atoms with Crippen molar-refractivity contribution in [1.29, 1.82) is 0 Å². The van der Waals surface area contributed by atoms with Crippen molar-refractivity contribution in [3.05, 3.63) is 35.1 Å². The number of carbonyl (C=O) groups is 2. The Bertz CT molecular complexity index is 514. The third kappa shape index (κ3) is 4.87. The van der Waals surface area contributed by atoms with Crippen molar-refractivity contribution in [2.45, 2.75) is 19.0 Å². The molecule has 8 heteroatoms. The molecule has 1 rings (SSSR count). The van der Waals surface area contributed by atoms with Crippen LogP contribution in [0.1, 0.15) is 28.8 Å². The van der Waals surface area contributed by atoms with Gasteiger partial charge in [0.05, 0.1) is 5.56 Å². The van der Waals surface area contributed by atoms with Crippen LogP contribution in [0.15, 0.2) is 18.2 Å². The van der Waals surface area contributed by atoms with E-state index in [1.165, 1.54) is 0 Å². The Labute approximate surface area is 111 Å². The zero-order chi connectivity index (χ0) is 15.3. The number of rotatable bonds is 5. The summed E-state index contributed by atoms with van der Waals surface area (Å²) >= 11 is 0. The molecule has 20 heavy (non-hydrogen) atoms. The van der Waals surface area contributed by atoms with Crippen molar-refractivity contribution < 1.29 is 32.3 Å². The van der Waals surface area contributed by atoms with Crippen LogP contribution in [0.2, 0.25) is 0 Å². The normalized spacial score (nSPS) is 11.2. The van der Waals surface area contributed by atoms with Gasteiger partial charge in [0.15, 0.2) is 0 Å². The first-order valence-corrected chi connectivity index (χ1v) is 5.58. The summed E-state index contributed by atoms with van der Waals surface area (Å²) in [4.78, 5) is 21.8. The number of aliphatic carboxylic acids is 1. The van der Waals surface area contributed by atoms with E-state index in [9.17, 15) is 27.2 Å². The molecule has 110 valence electrons. The second-order valence-corrected chi connectivity index (χ2v) is 3.98. The number of alkyl halides is 3. The quantitative estimate of drug-likeness (QED) is 0.647. The lowest BCUT2D eigenvalue weighted by Crippen LogP contribution is -2.25. The Morgan fingerprint density at radius 1 is 1.20 bits per heavy atom. The van der Waals surface area contributed by atoms with Crippen LogP contribution in [0.25, 0.3) is 0 Å². The van der Waals surface area contributed by atoms with Gasteiger partial charge in [0, 0.05) is 18.5 Å². The molecule has 4 nitrogen and oxygen atoms in total. The molecule has 0 aromatic heterocycles. The Morgan fingerprint density at radius 3 is 2.40 bits per heavy atom. The molecule has 0 spiro atoms. The first-order chi connectivity index (χ1) is 9.20. The topological polar surface area (TPSA) is 66.4 Å². The number of carboxylic acids is 1. The summed E-state index contributed by atoms with van der Waals surface area (Å²) in [6.45, 7) is -0.0248. The number of hydrogen-bond donors (Lipinski definition) is 2. The highest BCUT2D eigenvalue weighted by atomic mass is 19.4. The maximum Gasteiger partial charge on any atom is 0.416 e. The van der Waals surface area contributed by atoms with E-state index >= 15 is 0 Å². The summed E-state index contributed by atoms with van der Waals surface area (Å²) in [6.07, 6.45) is -4.81. The van der Waals surface area contributed by atoms with Gasteiger partial charge in [0.1, 0.15) is 5.82 Å². The molecular weight excluding hydrogens is 282 g/mol. The van der Waals surface area contributed by atoms with Crippen LogP contribution < -0.4 is 5.32 Å². The van der Waals surface area contributed by atoms with Crippen molar-refractivity contribution in [2.75, 3.05) is 6.54 Å². The number of amides is 1. The molecule has 0 saturated carbocycles. The predicted octanol–water partition coefficient (Wildman–Crippen LogP) is 2.44. The van der Waals surface area contributed by atoms with Gasteiger partial charge in [0.2, 0.25) is 0 Å². The molecule has 1 amide bonds. The third-order valence-corrected chi connectivity index (χ3v) is 2.34. The van der Waals surface area contributed by atoms with Gasteiger partial charge in [-0.15, -0.1) is 0 Å². The van der Waals surface area contributed by atoms with Gasteiger partial charge in [-0.1, -0.05) is 0 Å². The highest BCUT2D eigenvalue weighted by Crippen LogP contribution is 2.30. The molecular formula is C12H11F4NO3. The molecule has 1 aromatic rings. The Balaban J connectivity index is 2.73. The molecule has 0 bridgehead atoms. The molecule has 0 saturated heterocycles. The van der Waals surface area contributed by atoms with Crippen molar-refractivity contribution in [1.82, 2.24) is 5.32 Å². The summed E-state index contributed by atoms with van der Waals surface area (Å²) in [5, 5.41) is 10.6. The highest BCUT2D eigenvalue weighted by molar-refractivity contribution is 5.94. The average molecular weight is 293 g/mol. The second kappa shape index (κ2) is 6.36. The first-order valence-electron chi connectivity index (χ1n) is 5.58. The lowest BCUT2D eigenvalue weighted by Gasteiger charge is -2.09. The van der Waals surface area contributed by atoms with E-state index in [0.717, 1.165) is 0 Å². The van der Waals surface area contributed by atoms with Crippen LogP contribution in [-0.4, -0.2) is 23.5 Å². The van der Waals surface area contributed by atoms with Gasteiger partial charge in [-0.05, 0) is 24.6 Å². The van der Waals surface area contributed by atoms with Gasteiger partial charge in [0.25, 0.3) is 5.91 Å². The number of halogens is 4. The molecule has 0 unspecified atom stereocenters. The van der Waals surface area contributed by atoms with E-state index in [0.29, 0.717) is 18.2 Å². The standard InChI is InChI=1S/C12H11F4NO3/c13-9-5-7(4-8(6-9)12(14,15)16)11(20)17-3-1-2-10(18)19/h4-6H,1-3H2,(H,17,20)(H,18,19). The predicted molar refractivity (Wildman–Crippen MR) is 60.6 cm³/mol. The smallest absolute Gasteiger partial charge is 0.416 e. The van der Waals surface area contributed by atoms with Crippen LogP contribution in [0.3, 0.4) is 0 Å². The fourth-order valence-corrected chi connectivity index (χ4v) is 1.43. The molecule has 0 aliphatic rings. The number of hydrogen-bond acceptors (Lipinski definition) is 2. The number of carboxylic acid groups (broad SMARTS) is 1. The minimum absolute atomic E-state index is 0.0248. The van der Waals surface area contributed by atoms with Crippen molar-refractivity contribution in [2.24, 2.45) is 0 Å². The summed E-state index contributed by atoms with van der Waals surface area (Å²) in [7, 11) is 0. The van der Waals surface area contributed by atoms with Crippen molar-refractivity contribution >= 4 is 11.9 Å². The van der Waals surface area contributed by atoms with Crippen LogP contribution in [-0.2, 0) is 11.0 Å². The van der Waals surface area contributed by atoms with E-state index in [1.54, 1.807) is 0 Å². The SMILES string of the molecule is O=C(O)CCCNC(=O)c1cc(F)cc(C(F)(F)F)c1. The van der Waals surface area contributed by atoms with Crippen LogP contribution in [0.4, 0.5) is 17.6 Å². The van der Waals surface area contributed by atoms with Gasteiger partial charge in [-0.3, -0.25) is 9.59 Å².